The summed E-state index contributed by atoms with van der Waals surface area (Å²) in [7, 11) is 0. The Hall–Kier alpha value is -1.59. The molecule has 0 aromatic carbocycles. The number of esters is 3. The molecule has 0 rings (SSSR count). The summed E-state index contributed by atoms with van der Waals surface area (Å²) in [5, 5.41) is 0. The smallest absolute Gasteiger partial charge is 0.311 e. The molecule has 0 aliphatic rings. The third-order valence-electron chi connectivity index (χ3n) is 4.12. The third kappa shape index (κ3) is 8.76. The zero-order chi connectivity index (χ0) is 21.7. The quantitative estimate of drug-likeness (QED) is 0.483. The molecule has 0 unspecified atom stereocenters. The van der Waals surface area contributed by atoms with E-state index in [9.17, 15) is 14.4 Å². The molecular weight excluding hydrogens is 348 g/mol. The van der Waals surface area contributed by atoms with Crippen molar-refractivity contribution >= 4 is 17.9 Å². The minimum absolute atomic E-state index is 0.00838. The molecule has 0 aromatic rings. The molecule has 158 valence electrons. The summed E-state index contributed by atoms with van der Waals surface area (Å²) in [6.07, 6.45) is 0.513. The Balaban J connectivity index is 5.32. The minimum atomic E-state index is -0.789. The van der Waals surface area contributed by atoms with Crippen LogP contribution in [0, 0.1) is 21.7 Å². The van der Waals surface area contributed by atoms with Gasteiger partial charge in [0.15, 0.2) is 0 Å². The maximum Gasteiger partial charge on any atom is 0.311 e. The molecule has 0 fully saturated rings. The van der Waals surface area contributed by atoms with Crippen molar-refractivity contribution in [1.82, 2.24) is 0 Å². The molecule has 27 heavy (non-hydrogen) atoms. The predicted molar refractivity (Wildman–Crippen MR) is 104 cm³/mol. The summed E-state index contributed by atoms with van der Waals surface area (Å²) in [5.41, 5.74) is -2.74. The highest BCUT2D eigenvalue weighted by atomic mass is 16.6. The van der Waals surface area contributed by atoms with Crippen LogP contribution in [-0.2, 0) is 28.6 Å². The van der Waals surface area contributed by atoms with E-state index in [1.165, 1.54) is 0 Å². The van der Waals surface area contributed by atoms with Gasteiger partial charge in [0, 0.05) is 0 Å². The third-order valence-corrected chi connectivity index (χ3v) is 4.12. The molecule has 0 aromatic heterocycles. The first-order valence-electron chi connectivity index (χ1n) is 9.46. The number of carbonyl (C=O) groups excluding carboxylic acids is 3. The summed E-state index contributed by atoms with van der Waals surface area (Å²) in [4.78, 5) is 36.6. The molecule has 0 aliphatic heterocycles. The van der Waals surface area contributed by atoms with Gasteiger partial charge < -0.3 is 14.2 Å². The Morgan fingerprint density at radius 1 is 0.556 bits per heavy atom. The second kappa shape index (κ2) is 9.07. The van der Waals surface area contributed by atoms with Gasteiger partial charge in [-0.3, -0.25) is 14.4 Å². The van der Waals surface area contributed by atoms with Crippen LogP contribution in [0.4, 0.5) is 0 Å². The maximum atomic E-state index is 12.2. The highest BCUT2D eigenvalue weighted by molar-refractivity contribution is 5.76. The second-order valence-corrected chi connectivity index (χ2v) is 10.3. The molecule has 0 amide bonds. The van der Waals surface area contributed by atoms with Gasteiger partial charge in [-0.05, 0) is 68.7 Å². The number of ether oxygens (including phenoxy) is 3. The molecule has 0 heterocycles. The van der Waals surface area contributed by atoms with E-state index in [0.29, 0.717) is 6.42 Å². The monoisotopic (exact) mass is 386 g/mol. The largest absolute Gasteiger partial charge is 0.464 e. The standard InChI is InChI=1S/C21H38O6/c1-11-21(12-25-15(22)18(2,3)4,13-26-16(23)19(5,6)7)14-27-17(24)20(8,9)10/h11-14H2,1-10H3. The van der Waals surface area contributed by atoms with Crippen molar-refractivity contribution in [2.45, 2.75) is 75.7 Å². The van der Waals surface area contributed by atoms with Gasteiger partial charge in [-0.2, -0.15) is 0 Å². The SMILES string of the molecule is CCC(COC(=O)C(C)(C)C)(COC(=O)C(C)(C)C)COC(=O)C(C)(C)C. The van der Waals surface area contributed by atoms with Gasteiger partial charge in [-0.1, -0.05) is 6.92 Å². The summed E-state index contributed by atoms with van der Waals surface area (Å²) in [5.74, 6) is -1.07. The van der Waals surface area contributed by atoms with Crippen molar-refractivity contribution in [2.24, 2.45) is 21.7 Å². The lowest BCUT2D eigenvalue weighted by Gasteiger charge is -2.33. The maximum absolute atomic E-state index is 12.2. The Morgan fingerprint density at radius 2 is 0.778 bits per heavy atom. The lowest BCUT2D eigenvalue weighted by atomic mass is 9.87. The van der Waals surface area contributed by atoms with Gasteiger partial charge in [-0.25, -0.2) is 0 Å². The lowest BCUT2D eigenvalue weighted by molar-refractivity contribution is -0.172. The van der Waals surface area contributed by atoms with Gasteiger partial charge >= 0.3 is 17.9 Å². The van der Waals surface area contributed by atoms with Crippen LogP contribution in [0.15, 0.2) is 0 Å². The first-order valence-corrected chi connectivity index (χ1v) is 9.46. The van der Waals surface area contributed by atoms with E-state index in [1.54, 1.807) is 62.3 Å². The Labute approximate surface area is 164 Å². The molecule has 0 saturated carbocycles. The summed E-state index contributed by atoms with van der Waals surface area (Å²) in [6, 6.07) is 0. The van der Waals surface area contributed by atoms with Crippen LogP contribution in [0.2, 0.25) is 0 Å². The number of hydrogen-bond donors (Lipinski definition) is 0. The highest BCUT2D eigenvalue weighted by Crippen LogP contribution is 2.29. The van der Waals surface area contributed by atoms with E-state index in [0.717, 1.165) is 0 Å². The van der Waals surface area contributed by atoms with E-state index in [2.05, 4.69) is 0 Å². The normalized spacial score (nSPS) is 13.1. The zero-order valence-corrected chi connectivity index (χ0v) is 18.8. The highest BCUT2D eigenvalue weighted by Gasteiger charge is 2.38. The predicted octanol–water partition coefficient (Wildman–Crippen LogP) is 4.15. The number of rotatable bonds is 7. The molecule has 0 aliphatic carbocycles. The molecule has 6 heteroatoms. The van der Waals surface area contributed by atoms with Gasteiger partial charge in [0.25, 0.3) is 0 Å². The van der Waals surface area contributed by atoms with E-state index >= 15 is 0 Å². The van der Waals surface area contributed by atoms with Crippen molar-refractivity contribution in [3.63, 3.8) is 0 Å². The van der Waals surface area contributed by atoms with Crippen LogP contribution < -0.4 is 0 Å². The van der Waals surface area contributed by atoms with Crippen LogP contribution in [0.25, 0.3) is 0 Å². The van der Waals surface area contributed by atoms with Crippen molar-refractivity contribution in [1.29, 1.82) is 0 Å². The van der Waals surface area contributed by atoms with Crippen molar-refractivity contribution in [3.8, 4) is 0 Å². The van der Waals surface area contributed by atoms with Gasteiger partial charge in [0.2, 0.25) is 0 Å². The average Bonchev–Trinajstić information content (AvgIpc) is 2.50. The summed E-state index contributed by atoms with van der Waals surface area (Å²) in [6.45, 7) is 17.8. The molecule has 0 atom stereocenters. The summed E-state index contributed by atoms with van der Waals surface area (Å²) >= 11 is 0. The average molecular weight is 387 g/mol. The van der Waals surface area contributed by atoms with Gasteiger partial charge in [-0.15, -0.1) is 0 Å². The van der Waals surface area contributed by atoms with Crippen molar-refractivity contribution in [3.05, 3.63) is 0 Å². The van der Waals surface area contributed by atoms with Crippen LogP contribution in [0.1, 0.15) is 75.7 Å². The second-order valence-electron chi connectivity index (χ2n) is 10.3. The van der Waals surface area contributed by atoms with E-state index < -0.39 is 21.7 Å². The van der Waals surface area contributed by atoms with Crippen LogP contribution in [-0.4, -0.2) is 37.7 Å². The number of carbonyl (C=O) groups is 3. The topological polar surface area (TPSA) is 78.9 Å². The van der Waals surface area contributed by atoms with Crippen LogP contribution in [0.3, 0.4) is 0 Å². The van der Waals surface area contributed by atoms with Crippen LogP contribution >= 0.6 is 0 Å². The van der Waals surface area contributed by atoms with Crippen molar-refractivity contribution < 1.29 is 28.6 Å². The van der Waals surface area contributed by atoms with E-state index in [1.807, 2.05) is 6.92 Å². The molecule has 6 nitrogen and oxygen atoms in total. The first kappa shape index (κ1) is 25.4. The molecule has 0 N–H and O–H groups in total. The van der Waals surface area contributed by atoms with Crippen molar-refractivity contribution in [2.75, 3.05) is 19.8 Å². The molecule has 0 bridgehead atoms. The Kier molecular flexibility index (Phi) is 8.53. The minimum Gasteiger partial charge on any atom is -0.464 e. The molecular formula is C21H38O6. The van der Waals surface area contributed by atoms with Gasteiger partial charge in [0.1, 0.15) is 19.8 Å². The Morgan fingerprint density at radius 3 is 0.926 bits per heavy atom. The summed E-state index contributed by atoms with van der Waals surface area (Å²) < 4.78 is 16.4. The number of hydrogen-bond acceptors (Lipinski definition) is 6. The molecule has 0 saturated heterocycles. The van der Waals surface area contributed by atoms with E-state index in [-0.39, 0.29) is 37.7 Å². The molecule has 0 spiro atoms. The van der Waals surface area contributed by atoms with Crippen LogP contribution in [0.5, 0.6) is 0 Å². The fraction of sp³-hybridized carbons (Fsp3) is 0.857. The first-order chi connectivity index (χ1) is 11.9. The molecule has 0 radical (unpaired) electrons. The fourth-order valence-corrected chi connectivity index (χ4v) is 1.74. The van der Waals surface area contributed by atoms with Gasteiger partial charge in [0.05, 0.1) is 21.7 Å². The lowest BCUT2D eigenvalue weighted by Crippen LogP contribution is -2.42. The van der Waals surface area contributed by atoms with E-state index in [4.69, 9.17) is 14.2 Å². The fourth-order valence-electron chi connectivity index (χ4n) is 1.74. The Bertz CT molecular complexity index is 454. The zero-order valence-electron chi connectivity index (χ0n) is 18.8.